The monoisotopic (exact) mass is 469 g/mol. The number of Topliss-reactive ketones (excluding diaryl/α,β-unsaturated/α-hetero) is 1. The SMILES string of the molecule is N#CC(C(=O)O)=C(c1ccccc1)c1ccccc1.Nc1ccc(C(=O)CC2CNCCO2)cc1. The van der Waals surface area contributed by atoms with Gasteiger partial charge in [0.2, 0.25) is 0 Å². The van der Waals surface area contributed by atoms with Gasteiger partial charge in [-0.1, -0.05) is 60.7 Å². The van der Waals surface area contributed by atoms with E-state index in [1.807, 2.05) is 36.4 Å². The summed E-state index contributed by atoms with van der Waals surface area (Å²) in [5, 5.41) is 21.5. The van der Waals surface area contributed by atoms with Crippen molar-refractivity contribution in [3.8, 4) is 6.07 Å². The Hall–Kier alpha value is -4.25. The third kappa shape index (κ3) is 7.37. The molecule has 178 valence electrons. The molecule has 1 saturated heterocycles. The van der Waals surface area contributed by atoms with Crippen LogP contribution in [0.1, 0.15) is 27.9 Å². The first-order valence-corrected chi connectivity index (χ1v) is 11.2. The highest BCUT2D eigenvalue weighted by Gasteiger charge is 2.18. The van der Waals surface area contributed by atoms with Crippen LogP contribution in [0, 0.1) is 11.3 Å². The summed E-state index contributed by atoms with van der Waals surface area (Å²) in [6, 6.07) is 26.9. The van der Waals surface area contributed by atoms with Crippen LogP contribution in [0.3, 0.4) is 0 Å². The fourth-order valence-electron chi connectivity index (χ4n) is 3.62. The number of ketones is 1. The number of carbonyl (C=O) groups excluding carboxylic acids is 1. The number of nitrogen functional groups attached to an aromatic ring is 1. The predicted molar refractivity (Wildman–Crippen MR) is 135 cm³/mol. The van der Waals surface area contributed by atoms with Crippen LogP contribution >= 0.6 is 0 Å². The molecule has 3 aromatic rings. The second kappa shape index (κ2) is 12.8. The largest absolute Gasteiger partial charge is 0.477 e. The molecule has 4 N–H and O–H groups in total. The number of carboxylic acid groups (broad SMARTS) is 1. The van der Waals surface area contributed by atoms with Gasteiger partial charge in [0.05, 0.1) is 12.7 Å². The van der Waals surface area contributed by atoms with Gasteiger partial charge in [-0.3, -0.25) is 4.79 Å². The molecule has 1 aliphatic rings. The Balaban J connectivity index is 0.000000198. The number of benzene rings is 3. The zero-order chi connectivity index (χ0) is 25.0. The van der Waals surface area contributed by atoms with Gasteiger partial charge in [0.15, 0.2) is 5.78 Å². The Labute approximate surface area is 204 Å². The van der Waals surface area contributed by atoms with Crippen molar-refractivity contribution in [3.05, 3.63) is 107 Å². The van der Waals surface area contributed by atoms with E-state index in [4.69, 9.17) is 15.7 Å². The molecule has 0 spiro atoms. The third-order valence-corrected chi connectivity index (χ3v) is 5.35. The van der Waals surface area contributed by atoms with Gasteiger partial charge in [-0.2, -0.15) is 5.26 Å². The van der Waals surface area contributed by atoms with Crippen molar-refractivity contribution in [2.75, 3.05) is 25.4 Å². The average Bonchev–Trinajstić information content (AvgIpc) is 2.89. The Morgan fingerprint density at radius 2 is 1.51 bits per heavy atom. The van der Waals surface area contributed by atoms with Crippen molar-refractivity contribution < 1.29 is 19.4 Å². The van der Waals surface area contributed by atoms with Gasteiger partial charge in [-0.25, -0.2) is 4.79 Å². The van der Waals surface area contributed by atoms with Crippen LogP contribution in [0.25, 0.3) is 5.57 Å². The van der Waals surface area contributed by atoms with Gasteiger partial charge in [0.1, 0.15) is 11.6 Å². The van der Waals surface area contributed by atoms with Crippen LogP contribution in [-0.2, 0) is 9.53 Å². The van der Waals surface area contributed by atoms with E-state index < -0.39 is 5.97 Å². The maximum absolute atomic E-state index is 11.9. The zero-order valence-electron chi connectivity index (χ0n) is 19.2. The highest BCUT2D eigenvalue weighted by atomic mass is 16.5. The molecule has 0 saturated carbocycles. The topological polar surface area (TPSA) is 125 Å². The molecule has 3 aromatic carbocycles. The fourth-order valence-corrected chi connectivity index (χ4v) is 3.62. The van der Waals surface area contributed by atoms with Crippen molar-refractivity contribution in [1.29, 1.82) is 5.26 Å². The minimum atomic E-state index is -1.22. The highest BCUT2D eigenvalue weighted by Crippen LogP contribution is 2.26. The number of morpholine rings is 1. The fraction of sp³-hybridized carbons (Fsp3) is 0.179. The number of ether oxygens (including phenoxy) is 1. The summed E-state index contributed by atoms with van der Waals surface area (Å²) in [7, 11) is 0. The molecule has 0 amide bonds. The number of hydrogen-bond donors (Lipinski definition) is 3. The molecule has 0 radical (unpaired) electrons. The van der Waals surface area contributed by atoms with E-state index in [0.29, 0.717) is 41.0 Å². The number of nitrogens with one attached hydrogen (secondary N) is 1. The first-order chi connectivity index (χ1) is 17.0. The molecule has 1 aliphatic heterocycles. The lowest BCUT2D eigenvalue weighted by Gasteiger charge is -2.22. The molecule has 1 unspecified atom stereocenters. The maximum Gasteiger partial charge on any atom is 0.347 e. The van der Waals surface area contributed by atoms with Crippen LogP contribution in [0.5, 0.6) is 0 Å². The van der Waals surface area contributed by atoms with Crippen LogP contribution in [0.2, 0.25) is 0 Å². The molecule has 35 heavy (non-hydrogen) atoms. The summed E-state index contributed by atoms with van der Waals surface area (Å²) in [4.78, 5) is 23.1. The summed E-state index contributed by atoms with van der Waals surface area (Å²) in [6.45, 7) is 2.30. The molecule has 7 heteroatoms. The maximum atomic E-state index is 11.9. The summed E-state index contributed by atoms with van der Waals surface area (Å²) in [5.41, 5.74) is 8.56. The average molecular weight is 470 g/mol. The highest BCUT2D eigenvalue weighted by molar-refractivity contribution is 6.04. The summed E-state index contributed by atoms with van der Waals surface area (Å²) >= 11 is 0. The Bertz CT molecular complexity index is 1150. The van der Waals surface area contributed by atoms with E-state index in [-0.39, 0.29) is 17.5 Å². The number of carbonyl (C=O) groups is 2. The van der Waals surface area contributed by atoms with Crippen molar-refractivity contribution >= 4 is 23.0 Å². The first-order valence-electron chi connectivity index (χ1n) is 11.2. The van der Waals surface area contributed by atoms with Crippen LogP contribution < -0.4 is 11.1 Å². The minimum absolute atomic E-state index is 0.00111. The van der Waals surface area contributed by atoms with E-state index >= 15 is 0 Å². The standard InChI is InChI=1S/C16H11NO2.C12H16N2O2/c17-11-14(16(18)19)15(12-7-3-1-4-8-12)13-9-5-2-6-10-13;13-10-3-1-9(2-4-10)12(15)7-11-8-14-5-6-16-11/h1-10H,(H,18,19);1-4,11,14H,5-8,13H2. The van der Waals surface area contributed by atoms with E-state index in [1.165, 1.54) is 0 Å². The Morgan fingerprint density at radius 1 is 0.943 bits per heavy atom. The molecular formula is C28H27N3O4. The molecule has 1 atom stereocenters. The molecule has 1 heterocycles. The number of hydrogen-bond acceptors (Lipinski definition) is 6. The van der Waals surface area contributed by atoms with Gasteiger partial charge in [0.25, 0.3) is 0 Å². The molecule has 0 aromatic heterocycles. The lowest BCUT2D eigenvalue weighted by molar-refractivity contribution is -0.132. The predicted octanol–water partition coefficient (Wildman–Crippen LogP) is 3.93. The van der Waals surface area contributed by atoms with Crippen LogP contribution in [-0.4, -0.2) is 42.7 Å². The molecule has 4 rings (SSSR count). The minimum Gasteiger partial charge on any atom is -0.477 e. The van der Waals surface area contributed by atoms with E-state index in [1.54, 1.807) is 54.6 Å². The van der Waals surface area contributed by atoms with Crippen LogP contribution in [0.15, 0.2) is 90.5 Å². The number of nitrogens with zero attached hydrogens (tertiary/aromatic N) is 1. The second-order valence-electron chi connectivity index (χ2n) is 7.85. The van der Waals surface area contributed by atoms with Gasteiger partial charge >= 0.3 is 5.97 Å². The van der Waals surface area contributed by atoms with E-state index in [2.05, 4.69) is 5.32 Å². The van der Waals surface area contributed by atoms with Crippen molar-refractivity contribution in [2.24, 2.45) is 0 Å². The van der Waals surface area contributed by atoms with Crippen molar-refractivity contribution in [3.63, 3.8) is 0 Å². The molecule has 0 bridgehead atoms. The molecule has 7 nitrogen and oxygen atoms in total. The smallest absolute Gasteiger partial charge is 0.347 e. The van der Waals surface area contributed by atoms with Crippen molar-refractivity contribution in [1.82, 2.24) is 5.32 Å². The normalized spacial score (nSPS) is 14.5. The van der Waals surface area contributed by atoms with Gasteiger partial charge in [-0.15, -0.1) is 0 Å². The van der Waals surface area contributed by atoms with E-state index in [9.17, 15) is 14.7 Å². The number of aliphatic carboxylic acids is 1. The zero-order valence-corrected chi connectivity index (χ0v) is 19.2. The molecule has 0 aliphatic carbocycles. The van der Waals surface area contributed by atoms with Crippen LogP contribution in [0.4, 0.5) is 5.69 Å². The number of nitriles is 1. The van der Waals surface area contributed by atoms with Gasteiger partial charge in [-0.05, 0) is 35.4 Å². The summed E-state index contributed by atoms with van der Waals surface area (Å²) in [6.07, 6.45) is 0.426. The Kier molecular flexibility index (Phi) is 9.31. The number of rotatable bonds is 6. The first kappa shape index (κ1) is 25.4. The van der Waals surface area contributed by atoms with E-state index in [0.717, 1.165) is 13.1 Å². The number of carboxylic acids is 1. The molecular weight excluding hydrogens is 442 g/mol. The number of anilines is 1. The summed E-state index contributed by atoms with van der Waals surface area (Å²) < 4.78 is 5.49. The lowest BCUT2D eigenvalue weighted by Crippen LogP contribution is -2.39. The Morgan fingerprint density at radius 3 is 1.97 bits per heavy atom. The molecule has 1 fully saturated rings. The summed E-state index contributed by atoms with van der Waals surface area (Å²) in [5.74, 6) is -1.11. The lowest BCUT2D eigenvalue weighted by atomic mass is 9.93. The number of nitrogens with two attached hydrogens (primary N) is 1. The quantitative estimate of drug-likeness (QED) is 0.216. The second-order valence-corrected chi connectivity index (χ2v) is 7.85. The van der Waals surface area contributed by atoms with Gasteiger partial charge in [0, 0.05) is 36.3 Å². The van der Waals surface area contributed by atoms with Crippen molar-refractivity contribution in [2.45, 2.75) is 12.5 Å². The third-order valence-electron chi connectivity index (χ3n) is 5.35. The van der Waals surface area contributed by atoms with Gasteiger partial charge < -0.3 is 20.9 Å².